The molecule has 2 atom stereocenters. The average molecular weight is 367 g/mol. The zero-order chi connectivity index (χ0) is 18.6. The van der Waals surface area contributed by atoms with Crippen LogP contribution in [0.4, 0.5) is 10.5 Å². The molecule has 2 N–H and O–H groups in total. The van der Waals surface area contributed by atoms with E-state index in [0.29, 0.717) is 37.6 Å². The maximum Gasteiger partial charge on any atom is 0.315 e. The molecule has 4 rings (SSSR count). The van der Waals surface area contributed by atoms with E-state index in [1.807, 2.05) is 54.6 Å². The van der Waals surface area contributed by atoms with Gasteiger partial charge in [-0.25, -0.2) is 4.79 Å². The first-order valence-electron chi connectivity index (χ1n) is 8.97. The molecule has 0 aliphatic carbocycles. The van der Waals surface area contributed by atoms with Crippen molar-refractivity contribution in [1.29, 1.82) is 0 Å². The summed E-state index contributed by atoms with van der Waals surface area (Å²) in [5, 5.41) is 5.65. The van der Waals surface area contributed by atoms with Gasteiger partial charge in [0.05, 0.1) is 12.6 Å². The van der Waals surface area contributed by atoms with Crippen molar-refractivity contribution < 1.29 is 19.1 Å². The fraction of sp³-hybridized carbons (Fsp3) is 0.300. The molecule has 7 heteroatoms. The Labute approximate surface area is 157 Å². The van der Waals surface area contributed by atoms with E-state index in [1.54, 1.807) is 4.90 Å². The maximum absolute atomic E-state index is 12.2. The van der Waals surface area contributed by atoms with E-state index in [0.717, 1.165) is 5.69 Å². The van der Waals surface area contributed by atoms with Crippen LogP contribution in [0, 0.1) is 0 Å². The van der Waals surface area contributed by atoms with E-state index in [-0.39, 0.29) is 24.1 Å². The first-order chi connectivity index (χ1) is 13.2. The lowest BCUT2D eigenvalue weighted by atomic mass is 10.2. The van der Waals surface area contributed by atoms with Gasteiger partial charge in [-0.1, -0.05) is 30.3 Å². The van der Waals surface area contributed by atoms with Gasteiger partial charge in [0.1, 0.15) is 6.61 Å². The van der Waals surface area contributed by atoms with Crippen LogP contribution in [-0.2, 0) is 4.79 Å². The number of para-hydroxylation sites is 3. The summed E-state index contributed by atoms with van der Waals surface area (Å²) in [5.41, 5.74) is 0.846. The highest BCUT2D eigenvalue weighted by molar-refractivity contribution is 5.96. The third-order valence-electron chi connectivity index (χ3n) is 4.59. The summed E-state index contributed by atoms with van der Waals surface area (Å²) >= 11 is 0. The molecule has 0 aromatic heterocycles. The quantitative estimate of drug-likeness (QED) is 0.865. The molecule has 2 heterocycles. The summed E-state index contributed by atoms with van der Waals surface area (Å²) in [6.07, 6.45) is 0.0373. The predicted octanol–water partition coefficient (Wildman–Crippen LogP) is 1.93. The highest BCUT2D eigenvalue weighted by atomic mass is 16.6. The van der Waals surface area contributed by atoms with Crippen LogP contribution in [0.15, 0.2) is 54.6 Å². The maximum atomic E-state index is 12.2. The number of amides is 3. The van der Waals surface area contributed by atoms with E-state index >= 15 is 0 Å². The number of urea groups is 1. The summed E-state index contributed by atoms with van der Waals surface area (Å²) in [7, 11) is 0. The van der Waals surface area contributed by atoms with Gasteiger partial charge >= 0.3 is 6.03 Å². The first kappa shape index (κ1) is 17.2. The Morgan fingerprint density at radius 2 is 1.81 bits per heavy atom. The van der Waals surface area contributed by atoms with E-state index in [1.165, 1.54) is 0 Å². The van der Waals surface area contributed by atoms with E-state index in [4.69, 9.17) is 9.47 Å². The number of fused-ring (bicyclic) bond motifs is 1. The number of ether oxygens (including phenoxy) is 2. The molecule has 3 amide bonds. The second kappa shape index (κ2) is 7.57. The molecule has 2 aromatic rings. The van der Waals surface area contributed by atoms with Gasteiger partial charge in [0.2, 0.25) is 5.91 Å². The molecule has 0 radical (unpaired) electrons. The van der Waals surface area contributed by atoms with Crippen LogP contribution in [0.3, 0.4) is 0 Å². The Hall–Kier alpha value is -3.22. The van der Waals surface area contributed by atoms with Crippen LogP contribution in [0.2, 0.25) is 0 Å². The lowest BCUT2D eigenvalue weighted by Gasteiger charge is -2.26. The Bertz CT molecular complexity index is 827. The number of nitrogens with one attached hydrogen (secondary N) is 2. The van der Waals surface area contributed by atoms with E-state index in [2.05, 4.69) is 10.6 Å². The van der Waals surface area contributed by atoms with Crippen LogP contribution in [-0.4, -0.2) is 43.8 Å². The summed E-state index contributed by atoms with van der Waals surface area (Å²) in [4.78, 5) is 26.1. The van der Waals surface area contributed by atoms with E-state index in [9.17, 15) is 9.59 Å². The standard InChI is InChI=1S/C20H21N3O4/c24-19-10-14(12-23(19)15-6-2-1-3-7-15)22-20(25)21-11-16-13-26-17-8-4-5-9-18(17)27-16/h1-9,14,16H,10-13H2,(H2,21,22,25). The van der Waals surface area contributed by atoms with Gasteiger partial charge < -0.3 is 25.0 Å². The number of benzene rings is 2. The van der Waals surface area contributed by atoms with Crippen LogP contribution in [0.1, 0.15) is 6.42 Å². The second-order valence-electron chi connectivity index (χ2n) is 6.59. The zero-order valence-corrected chi connectivity index (χ0v) is 14.8. The van der Waals surface area contributed by atoms with Crippen molar-refractivity contribution in [2.75, 3.05) is 24.6 Å². The fourth-order valence-electron chi connectivity index (χ4n) is 3.27. The van der Waals surface area contributed by atoms with Gasteiger partial charge in [-0.3, -0.25) is 4.79 Å². The van der Waals surface area contributed by atoms with Gasteiger partial charge in [-0.05, 0) is 24.3 Å². The molecule has 2 aliphatic rings. The predicted molar refractivity (Wildman–Crippen MR) is 100 cm³/mol. The van der Waals surface area contributed by atoms with E-state index < -0.39 is 0 Å². The molecular weight excluding hydrogens is 346 g/mol. The SMILES string of the molecule is O=C(NCC1COc2ccccc2O1)NC1CC(=O)N(c2ccccc2)C1. The molecule has 27 heavy (non-hydrogen) atoms. The van der Waals surface area contributed by atoms with Gasteiger partial charge in [-0.2, -0.15) is 0 Å². The van der Waals surface area contributed by atoms with Gasteiger partial charge in [0.25, 0.3) is 0 Å². The number of hydrogen-bond donors (Lipinski definition) is 2. The van der Waals surface area contributed by atoms with Crippen molar-refractivity contribution in [2.45, 2.75) is 18.6 Å². The van der Waals surface area contributed by atoms with Crippen molar-refractivity contribution in [2.24, 2.45) is 0 Å². The van der Waals surface area contributed by atoms with Crippen molar-refractivity contribution >= 4 is 17.6 Å². The summed E-state index contributed by atoms with van der Waals surface area (Å²) in [6.45, 7) is 1.16. The number of nitrogens with zero attached hydrogens (tertiary/aromatic N) is 1. The van der Waals surface area contributed by atoms with Crippen molar-refractivity contribution in [1.82, 2.24) is 10.6 Å². The molecule has 0 saturated carbocycles. The molecule has 0 spiro atoms. The highest BCUT2D eigenvalue weighted by Crippen LogP contribution is 2.30. The number of rotatable bonds is 4. The third-order valence-corrected chi connectivity index (χ3v) is 4.59. The molecule has 2 aromatic carbocycles. The summed E-state index contributed by atoms with van der Waals surface area (Å²) in [6, 6.07) is 16.4. The minimum Gasteiger partial charge on any atom is -0.486 e. The molecule has 2 aliphatic heterocycles. The van der Waals surface area contributed by atoms with Crippen LogP contribution in [0.25, 0.3) is 0 Å². The average Bonchev–Trinajstić information content (AvgIpc) is 3.07. The molecule has 2 unspecified atom stereocenters. The highest BCUT2D eigenvalue weighted by Gasteiger charge is 2.31. The summed E-state index contributed by atoms with van der Waals surface area (Å²) < 4.78 is 11.4. The Balaban J connectivity index is 1.25. The van der Waals surface area contributed by atoms with Gasteiger partial charge in [0.15, 0.2) is 17.6 Å². The first-order valence-corrected chi connectivity index (χ1v) is 8.97. The molecule has 0 bridgehead atoms. The number of hydrogen-bond acceptors (Lipinski definition) is 4. The van der Waals surface area contributed by atoms with Crippen molar-refractivity contribution in [3.05, 3.63) is 54.6 Å². The monoisotopic (exact) mass is 367 g/mol. The molecule has 1 saturated heterocycles. The molecule has 140 valence electrons. The fourth-order valence-corrected chi connectivity index (χ4v) is 3.27. The molecular formula is C20H21N3O4. The largest absolute Gasteiger partial charge is 0.486 e. The molecule has 1 fully saturated rings. The normalized spacial score (nSPS) is 21.0. The Kier molecular flexibility index (Phi) is 4.82. The number of carbonyl (C=O) groups excluding carboxylic acids is 2. The van der Waals surface area contributed by atoms with Crippen LogP contribution < -0.4 is 25.0 Å². The third kappa shape index (κ3) is 3.97. The van der Waals surface area contributed by atoms with Crippen molar-refractivity contribution in [3.63, 3.8) is 0 Å². The van der Waals surface area contributed by atoms with Gasteiger partial charge in [0, 0.05) is 18.7 Å². The van der Waals surface area contributed by atoms with Gasteiger partial charge in [-0.15, -0.1) is 0 Å². The minimum atomic E-state index is -0.315. The molecule has 7 nitrogen and oxygen atoms in total. The van der Waals surface area contributed by atoms with Crippen LogP contribution in [0.5, 0.6) is 11.5 Å². The lowest BCUT2D eigenvalue weighted by molar-refractivity contribution is -0.117. The van der Waals surface area contributed by atoms with Crippen LogP contribution >= 0.6 is 0 Å². The minimum absolute atomic E-state index is 0.00659. The smallest absolute Gasteiger partial charge is 0.315 e. The summed E-state index contributed by atoms with van der Waals surface area (Å²) in [5.74, 6) is 1.40. The second-order valence-corrected chi connectivity index (χ2v) is 6.59. The lowest BCUT2D eigenvalue weighted by Crippen LogP contribution is -2.47. The number of anilines is 1. The Morgan fingerprint density at radius 1 is 1.07 bits per heavy atom. The Morgan fingerprint density at radius 3 is 2.63 bits per heavy atom. The zero-order valence-electron chi connectivity index (χ0n) is 14.8. The number of carbonyl (C=O) groups is 2. The van der Waals surface area contributed by atoms with Crippen molar-refractivity contribution in [3.8, 4) is 11.5 Å². The topological polar surface area (TPSA) is 79.9 Å².